The van der Waals surface area contributed by atoms with Gasteiger partial charge in [0, 0.05) is 23.5 Å². The Kier molecular flexibility index (Phi) is 5.59. The van der Waals surface area contributed by atoms with Crippen molar-refractivity contribution in [3.8, 4) is 0 Å². The Hall–Kier alpha value is -2.06. The SMILES string of the molecule is CC(C)/C(=C/C(N)C1C=C2C(=CC1)OC1C=CC=CC21)C(C)C1=CCCC=C1. The van der Waals surface area contributed by atoms with Crippen LogP contribution in [0.3, 0.4) is 0 Å². The molecule has 0 aromatic carbocycles. The minimum Gasteiger partial charge on any atom is -0.485 e. The number of fused-ring (bicyclic) bond motifs is 3. The van der Waals surface area contributed by atoms with Crippen LogP contribution in [0.15, 0.2) is 83.2 Å². The average Bonchev–Trinajstić information content (AvgIpc) is 3.09. The highest BCUT2D eigenvalue weighted by Crippen LogP contribution is 2.42. The predicted octanol–water partition coefficient (Wildman–Crippen LogP) is 5.78. The first-order chi connectivity index (χ1) is 13.5. The predicted molar refractivity (Wildman–Crippen MR) is 117 cm³/mol. The van der Waals surface area contributed by atoms with Crippen LogP contribution in [0.1, 0.15) is 40.0 Å². The first-order valence-corrected chi connectivity index (χ1v) is 10.8. The number of ether oxygens (including phenoxy) is 1. The molecule has 0 radical (unpaired) electrons. The van der Waals surface area contributed by atoms with Crippen molar-refractivity contribution >= 4 is 0 Å². The quantitative estimate of drug-likeness (QED) is 0.618. The van der Waals surface area contributed by atoms with Crippen LogP contribution in [0, 0.1) is 23.7 Å². The van der Waals surface area contributed by atoms with Gasteiger partial charge in [0.05, 0.1) is 0 Å². The summed E-state index contributed by atoms with van der Waals surface area (Å²) in [5.74, 6) is 2.66. The van der Waals surface area contributed by atoms with Gasteiger partial charge in [0.25, 0.3) is 0 Å². The summed E-state index contributed by atoms with van der Waals surface area (Å²) >= 11 is 0. The molecule has 2 N–H and O–H groups in total. The van der Waals surface area contributed by atoms with Gasteiger partial charge in [0.2, 0.25) is 0 Å². The Morgan fingerprint density at radius 3 is 2.71 bits per heavy atom. The van der Waals surface area contributed by atoms with Crippen molar-refractivity contribution in [2.45, 2.75) is 52.2 Å². The van der Waals surface area contributed by atoms with Crippen LogP contribution < -0.4 is 5.73 Å². The summed E-state index contributed by atoms with van der Waals surface area (Å²) in [5.41, 5.74) is 11.0. The Bertz CT molecular complexity index is 817. The van der Waals surface area contributed by atoms with E-state index in [4.69, 9.17) is 10.5 Å². The molecule has 0 aromatic heterocycles. The molecule has 2 nitrogen and oxygen atoms in total. The van der Waals surface area contributed by atoms with E-state index in [2.05, 4.69) is 81.5 Å². The summed E-state index contributed by atoms with van der Waals surface area (Å²) in [6.07, 6.45) is 26.0. The molecule has 0 spiro atoms. The molecule has 0 saturated carbocycles. The fourth-order valence-corrected chi connectivity index (χ4v) is 4.86. The van der Waals surface area contributed by atoms with E-state index in [1.807, 2.05) is 0 Å². The third kappa shape index (κ3) is 3.75. The Balaban J connectivity index is 1.55. The topological polar surface area (TPSA) is 35.2 Å². The largest absolute Gasteiger partial charge is 0.485 e. The van der Waals surface area contributed by atoms with Crippen LogP contribution in [-0.4, -0.2) is 12.1 Å². The molecule has 0 aromatic rings. The molecular weight excluding hydrogens is 342 g/mol. The molecule has 3 aliphatic carbocycles. The molecule has 28 heavy (non-hydrogen) atoms. The second kappa shape index (κ2) is 8.13. The van der Waals surface area contributed by atoms with Gasteiger partial charge in [-0.15, -0.1) is 0 Å². The monoisotopic (exact) mass is 375 g/mol. The van der Waals surface area contributed by atoms with Crippen LogP contribution in [0.25, 0.3) is 0 Å². The molecule has 1 saturated heterocycles. The summed E-state index contributed by atoms with van der Waals surface area (Å²) in [5, 5.41) is 0. The molecule has 2 heteroatoms. The van der Waals surface area contributed by atoms with E-state index < -0.39 is 0 Å². The number of hydrogen-bond acceptors (Lipinski definition) is 2. The van der Waals surface area contributed by atoms with E-state index in [0.717, 1.165) is 25.0 Å². The smallest absolute Gasteiger partial charge is 0.128 e. The Morgan fingerprint density at radius 2 is 1.96 bits per heavy atom. The lowest BCUT2D eigenvalue weighted by Gasteiger charge is -2.27. The van der Waals surface area contributed by atoms with Gasteiger partial charge in [0.1, 0.15) is 11.9 Å². The summed E-state index contributed by atoms with van der Waals surface area (Å²) in [6.45, 7) is 6.90. The first-order valence-electron chi connectivity index (χ1n) is 10.8. The highest BCUT2D eigenvalue weighted by molar-refractivity contribution is 5.44. The zero-order valence-electron chi connectivity index (χ0n) is 17.3. The van der Waals surface area contributed by atoms with E-state index in [1.54, 1.807) is 0 Å². The maximum absolute atomic E-state index is 6.74. The molecule has 0 bridgehead atoms. The number of hydrogen-bond donors (Lipinski definition) is 1. The van der Waals surface area contributed by atoms with Gasteiger partial charge in [0.15, 0.2) is 0 Å². The lowest BCUT2D eigenvalue weighted by molar-refractivity contribution is 0.183. The summed E-state index contributed by atoms with van der Waals surface area (Å²) in [4.78, 5) is 0. The van der Waals surface area contributed by atoms with Gasteiger partial charge in [-0.05, 0) is 48.8 Å². The standard InChI is InChI=1S/C26H33NO/c1-17(2)22(18(3)19-9-5-4-6-10-19)16-24(27)20-13-14-26-23(15-20)21-11-7-8-12-25(21)28-26/h5,7-12,14-18,20-21,24-25H,4,6,13,27H2,1-3H3/b22-16-. The fourth-order valence-electron chi connectivity index (χ4n) is 4.86. The minimum atomic E-state index is 0.0282. The molecule has 5 unspecified atom stereocenters. The molecule has 5 atom stereocenters. The lowest BCUT2D eigenvalue weighted by atomic mass is 9.79. The van der Waals surface area contributed by atoms with Gasteiger partial charge >= 0.3 is 0 Å². The lowest BCUT2D eigenvalue weighted by Crippen LogP contribution is -2.29. The summed E-state index contributed by atoms with van der Waals surface area (Å²) in [7, 11) is 0. The van der Waals surface area contributed by atoms with Gasteiger partial charge in [-0.25, -0.2) is 0 Å². The normalized spacial score (nSPS) is 30.8. The van der Waals surface area contributed by atoms with Crippen molar-refractivity contribution < 1.29 is 4.74 Å². The van der Waals surface area contributed by atoms with Crippen LogP contribution in [-0.2, 0) is 4.74 Å². The van der Waals surface area contributed by atoms with Crippen molar-refractivity contribution in [3.05, 3.63) is 83.2 Å². The molecule has 1 fully saturated rings. The third-order valence-electron chi connectivity index (χ3n) is 6.53. The van der Waals surface area contributed by atoms with Crippen LogP contribution in [0.5, 0.6) is 0 Å². The zero-order valence-corrected chi connectivity index (χ0v) is 17.3. The third-order valence-corrected chi connectivity index (χ3v) is 6.53. The number of rotatable bonds is 5. The molecule has 0 amide bonds. The van der Waals surface area contributed by atoms with E-state index in [9.17, 15) is 0 Å². The van der Waals surface area contributed by atoms with Crippen LogP contribution in [0.2, 0.25) is 0 Å². The fraction of sp³-hybridized carbons (Fsp3) is 0.462. The number of nitrogens with two attached hydrogens (primary N) is 1. The van der Waals surface area contributed by atoms with E-state index in [0.29, 0.717) is 23.7 Å². The van der Waals surface area contributed by atoms with E-state index >= 15 is 0 Å². The van der Waals surface area contributed by atoms with Crippen molar-refractivity contribution in [1.29, 1.82) is 0 Å². The second-order valence-electron chi connectivity index (χ2n) is 8.77. The maximum Gasteiger partial charge on any atom is 0.128 e. The average molecular weight is 376 g/mol. The maximum atomic E-state index is 6.74. The molecule has 4 rings (SSSR count). The van der Waals surface area contributed by atoms with Crippen molar-refractivity contribution in [3.63, 3.8) is 0 Å². The van der Waals surface area contributed by atoms with Gasteiger partial charge in [-0.3, -0.25) is 0 Å². The van der Waals surface area contributed by atoms with Crippen molar-refractivity contribution in [1.82, 2.24) is 0 Å². The van der Waals surface area contributed by atoms with Crippen molar-refractivity contribution in [2.24, 2.45) is 29.4 Å². The zero-order chi connectivity index (χ0) is 19.7. The van der Waals surface area contributed by atoms with Crippen molar-refractivity contribution in [2.75, 3.05) is 0 Å². The van der Waals surface area contributed by atoms with E-state index in [1.165, 1.54) is 16.7 Å². The highest BCUT2D eigenvalue weighted by Gasteiger charge is 2.37. The minimum absolute atomic E-state index is 0.0282. The van der Waals surface area contributed by atoms with Gasteiger partial charge in [-0.1, -0.05) is 75.0 Å². The molecule has 148 valence electrons. The summed E-state index contributed by atoms with van der Waals surface area (Å²) < 4.78 is 6.12. The van der Waals surface area contributed by atoms with Crippen LogP contribution in [0.4, 0.5) is 0 Å². The first kappa shape index (κ1) is 19.3. The van der Waals surface area contributed by atoms with Gasteiger partial charge < -0.3 is 10.5 Å². The van der Waals surface area contributed by atoms with Gasteiger partial charge in [-0.2, -0.15) is 0 Å². The molecular formula is C26H33NO. The molecule has 1 heterocycles. The Labute approximate surface area is 169 Å². The Morgan fingerprint density at radius 1 is 1.14 bits per heavy atom. The second-order valence-corrected chi connectivity index (χ2v) is 8.77. The molecule has 4 aliphatic rings. The molecule has 1 aliphatic heterocycles. The van der Waals surface area contributed by atoms with Crippen LogP contribution >= 0.6 is 0 Å². The number of allylic oxidation sites excluding steroid dienone is 9. The highest BCUT2D eigenvalue weighted by atomic mass is 16.5. The summed E-state index contributed by atoms with van der Waals surface area (Å²) in [6, 6.07) is 0.0282. The van der Waals surface area contributed by atoms with E-state index in [-0.39, 0.29) is 12.1 Å².